The van der Waals surface area contributed by atoms with Crippen molar-refractivity contribution in [2.24, 2.45) is 5.73 Å². The number of nitrogens with zero attached hydrogens (tertiary/aromatic N) is 3. The van der Waals surface area contributed by atoms with Crippen molar-refractivity contribution in [2.45, 2.75) is 13.3 Å². The number of hydrogen-bond acceptors (Lipinski definition) is 4. The summed E-state index contributed by atoms with van der Waals surface area (Å²) in [6.45, 7) is 1.97. The number of pyridine rings is 1. The van der Waals surface area contributed by atoms with E-state index in [0.29, 0.717) is 12.1 Å². The number of carbonyl (C=O) groups excluding carboxylic acids is 1. The van der Waals surface area contributed by atoms with Crippen molar-refractivity contribution in [3.8, 4) is 0 Å². The largest absolute Gasteiger partial charge is 0.364 e. The van der Waals surface area contributed by atoms with Crippen molar-refractivity contribution >= 4 is 5.91 Å². The number of aryl methyl sites for hydroxylation is 1. The van der Waals surface area contributed by atoms with Gasteiger partial charge in [-0.1, -0.05) is 6.07 Å². The summed E-state index contributed by atoms with van der Waals surface area (Å²) in [5.74, 6) is -0.569. The maximum atomic E-state index is 11.2. The fourth-order valence-electron chi connectivity index (χ4n) is 1.48. The zero-order valence-corrected chi connectivity index (χ0v) is 9.42. The van der Waals surface area contributed by atoms with Gasteiger partial charge in [-0.3, -0.25) is 14.8 Å². The fraction of sp³-hybridized carbons (Fsp3) is 0.167. The van der Waals surface area contributed by atoms with Crippen LogP contribution in [-0.4, -0.2) is 20.9 Å². The van der Waals surface area contributed by atoms with E-state index in [1.807, 2.05) is 19.1 Å². The van der Waals surface area contributed by atoms with E-state index in [-0.39, 0.29) is 5.69 Å². The van der Waals surface area contributed by atoms with Gasteiger partial charge in [0.1, 0.15) is 5.69 Å². The average Bonchev–Trinajstić information content (AvgIpc) is 2.32. The van der Waals surface area contributed by atoms with Gasteiger partial charge in [-0.2, -0.15) is 0 Å². The van der Waals surface area contributed by atoms with E-state index in [1.54, 1.807) is 6.20 Å². The predicted molar refractivity (Wildman–Crippen MR) is 62.3 cm³/mol. The first-order valence-corrected chi connectivity index (χ1v) is 5.18. The predicted octanol–water partition coefficient (Wildman–Crippen LogP) is 0.870. The third-order valence-corrected chi connectivity index (χ3v) is 2.33. The molecule has 0 saturated heterocycles. The van der Waals surface area contributed by atoms with Gasteiger partial charge in [-0.05, 0) is 18.6 Å². The van der Waals surface area contributed by atoms with E-state index in [1.165, 1.54) is 12.4 Å². The Morgan fingerprint density at radius 1 is 1.24 bits per heavy atom. The highest BCUT2D eigenvalue weighted by molar-refractivity contribution is 5.91. The van der Waals surface area contributed by atoms with E-state index in [4.69, 9.17) is 5.73 Å². The summed E-state index contributed by atoms with van der Waals surface area (Å²) >= 11 is 0. The van der Waals surface area contributed by atoms with E-state index in [0.717, 1.165) is 11.3 Å². The third kappa shape index (κ3) is 2.63. The van der Waals surface area contributed by atoms with E-state index in [2.05, 4.69) is 15.0 Å². The van der Waals surface area contributed by atoms with Crippen LogP contribution in [0.3, 0.4) is 0 Å². The monoisotopic (exact) mass is 228 g/mol. The van der Waals surface area contributed by atoms with Crippen molar-refractivity contribution in [3.63, 3.8) is 0 Å². The van der Waals surface area contributed by atoms with Crippen LogP contribution in [0.2, 0.25) is 0 Å². The second-order valence-electron chi connectivity index (χ2n) is 3.72. The van der Waals surface area contributed by atoms with Gasteiger partial charge in [0.05, 0.1) is 5.69 Å². The summed E-state index contributed by atoms with van der Waals surface area (Å²) in [4.78, 5) is 23.5. The third-order valence-electron chi connectivity index (χ3n) is 2.33. The number of rotatable bonds is 3. The molecular formula is C12H12N4O. The Kier molecular flexibility index (Phi) is 3.09. The number of aromatic nitrogens is 3. The topological polar surface area (TPSA) is 81.8 Å². The van der Waals surface area contributed by atoms with E-state index < -0.39 is 5.91 Å². The smallest absolute Gasteiger partial charge is 0.269 e. The molecule has 2 aromatic rings. The Balaban J connectivity index is 2.30. The molecule has 2 heterocycles. The molecule has 86 valence electrons. The highest BCUT2D eigenvalue weighted by Crippen LogP contribution is 2.08. The first-order valence-electron chi connectivity index (χ1n) is 5.18. The molecule has 0 unspecified atom stereocenters. The molecule has 0 radical (unpaired) electrons. The highest BCUT2D eigenvalue weighted by Gasteiger charge is 2.11. The molecule has 1 amide bonds. The van der Waals surface area contributed by atoms with Crippen LogP contribution in [0.1, 0.15) is 27.4 Å². The minimum absolute atomic E-state index is 0.204. The molecule has 0 aromatic carbocycles. The Hall–Kier alpha value is -2.30. The minimum Gasteiger partial charge on any atom is -0.364 e. The van der Waals surface area contributed by atoms with Crippen molar-refractivity contribution in [1.29, 1.82) is 0 Å². The van der Waals surface area contributed by atoms with Gasteiger partial charge in [-0.25, -0.2) is 4.98 Å². The van der Waals surface area contributed by atoms with E-state index >= 15 is 0 Å². The summed E-state index contributed by atoms with van der Waals surface area (Å²) in [6, 6.07) is 3.86. The van der Waals surface area contributed by atoms with Crippen LogP contribution in [0, 0.1) is 6.92 Å². The molecule has 0 aliphatic rings. The molecular weight excluding hydrogens is 216 g/mol. The van der Waals surface area contributed by atoms with Crippen LogP contribution < -0.4 is 5.73 Å². The zero-order chi connectivity index (χ0) is 12.3. The second kappa shape index (κ2) is 4.69. The highest BCUT2D eigenvalue weighted by atomic mass is 16.1. The molecule has 2 rings (SSSR count). The van der Waals surface area contributed by atoms with Crippen LogP contribution >= 0.6 is 0 Å². The van der Waals surface area contributed by atoms with Crippen molar-refractivity contribution in [1.82, 2.24) is 15.0 Å². The van der Waals surface area contributed by atoms with Crippen molar-refractivity contribution in [2.75, 3.05) is 0 Å². The SMILES string of the molecule is Cc1ccc(Cc2nccnc2C(N)=O)nc1. The second-order valence-corrected chi connectivity index (χ2v) is 3.72. The van der Waals surface area contributed by atoms with Gasteiger partial charge in [-0.15, -0.1) is 0 Å². The molecule has 0 atom stereocenters. The first-order chi connectivity index (χ1) is 8.16. The lowest BCUT2D eigenvalue weighted by Gasteiger charge is -2.04. The number of amides is 1. The maximum Gasteiger partial charge on any atom is 0.269 e. The van der Waals surface area contributed by atoms with Crippen LogP contribution in [0.4, 0.5) is 0 Å². The lowest BCUT2D eigenvalue weighted by molar-refractivity contribution is 0.0994. The summed E-state index contributed by atoms with van der Waals surface area (Å²) < 4.78 is 0. The van der Waals surface area contributed by atoms with Gasteiger partial charge in [0.2, 0.25) is 0 Å². The molecule has 0 fully saturated rings. The average molecular weight is 228 g/mol. The Labute approximate surface area is 98.7 Å². The molecule has 0 aliphatic carbocycles. The Morgan fingerprint density at radius 3 is 2.65 bits per heavy atom. The number of primary amides is 1. The lowest BCUT2D eigenvalue weighted by Crippen LogP contribution is -2.17. The summed E-state index contributed by atoms with van der Waals surface area (Å²) in [6.07, 6.45) is 5.21. The van der Waals surface area contributed by atoms with Crippen LogP contribution in [-0.2, 0) is 6.42 Å². The van der Waals surface area contributed by atoms with Crippen molar-refractivity contribution in [3.05, 3.63) is 53.4 Å². The maximum absolute atomic E-state index is 11.2. The zero-order valence-electron chi connectivity index (χ0n) is 9.42. The quantitative estimate of drug-likeness (QED) is 0.845. The van der Waals surface area contributed by atoms with Gasteiger partial charge in [0.15, 0.2) is 0 Å². The molecule has 0 spiro atoms. The molecule has 0 saturated carbocycles. The summed E-state index contributed by atoms with van der Waals surface area (Å²) in [5, 5.41) is 0. The molecule has 5 heteroatoms. The number of nitrogens with two attached hydrogens (primary N) is 1. The summed E-state index contributed by atoms with van der Waals surface area (Å²) in [7, 11) is 0. The summed E-state index contributed by atoms with van der Waals surface area (Å²) in [5.41, 5.74) is 7.90. The first kappa shape index (κ1) is 11.2. The molecule has 17 heavy (non-hydrogen) atoms. The Bertz CT molecular complexity index is 536. The number of hydrogen-bond donors (Lipinski definition) is 1. The normalized spacial score (nSPS) is 10.2. The van der Waals surface area contributed by atoms with Crippen molar-refractivity contribution < 1.29 is 4.79 Å². The van der Waals surface area contributed by atoms with Gasteiger partial charge in [0.25, 0.3) is 5.91 Å². The van der Waals surface area contributed by atoms with Crippen LogP contribution in [0.25, 0.3) is 0 Å². The minimum atomic E-state index is -0.569. The van der Waals surface area contributed by atoms with Crippen LogP contribution in [0.15, 0.2) is 30.7 Å². The molecule has 2 aromatic heterocycles. The standard InChI is InChI=1S/C12H12N4O/c1-8-2-3-9(16-7-8)6-10-11(12(13)17)15-5-4-14-10/h2-5,7H,6H2,1H3,(H2,13,17). The molecule has 0 aliphatic heterocycles. The molecule has 0 bridgehead atoms. The van der Waals surface area contributed by atoms with E-state index in [9.17, 15) is 4.79 Å². The Morgan fingerprint density at radius 2 is 2.00 bits per heavy atom. The fourth-order valence-corrected chi connectivity index (χ4v) is 1.48. The van der Waals surface area contributed by atoms with Gasteiger partial charge < -0.3 is 5.73 Å². The van der Waals surface area contributed by atoms with Crippen LogP contribution in [0.5, 0.6) is 0 Å². The molecule has 2 N–H and O–H groups in total. The van der Waals surface area contributed by atoms with Gasteiger partial charge >= 0.3 is 0 Å². The lowest BCUT2D eigenvalue weighted by atomic mass is 10.1. The molecule has 5 nitrogen and oxygen atoms in total. The number of carbonyl (C=O) groups is 1. The van der Waals surface area contributed by atoms with Gasteiger partial charge in [0, 0.05) is 30.7 Å².